The molecule has 140 valence electrons. The molecule has 1 aliphatic carbocycles. The minimum Gasteiger partial charge on any atom is -0.310 e. The Morgan fingerprint density at radius 3 is 2.48 bits per heavy atom. The SMILES string of the molecule is O=C1N(CCN2CCCCC2)c2ccccc2[C@@]12C[C@@H]2c1ccc(Cl)cc1. The summed E-state index contributed by atoms with van der Waals surface area (Å²) in [5.41, 5.74) is 3.21. The highest BCUT2D eigenvalue weighted by atomic mass is 35.5. The monoisotopic (exact) mass is 380 g/mol. The molecule has 1 saturated carbocycles. The number of anilines is 1. The summed E-state index contributed by atoms with van der Waals surface area (Å²) >= 11 is 6.06. The van der Waals surface area contributed by atoms with Crippen LogP contribution in [-0.4, -0.2) is 37.0 Å². The van der Waals surface area contributed by atoms with Gasteiger partial charge in [0.1, 0.15) is 0 Å². The number of halogens is 1. The molecule has 3 aliphatic rings. The summed E-state index contributed by atoms with van der Waals surface area (Å²) in [6.07, 6.45) is 4.82. The number of hydrogen-bond donors (Lipinski definition) is 0. The Labute approximate surface area is 165 Å². The Morgan fingerprint density at radius 1 is 0.963 bits per heavy atom. The molecule has 0 radical (unpaired) electrons. The maximum Gasteiger partial charge on any atom is 0.238 e. The lowest BCUT2D eigenvalue weighted by Gasteiger charge is -2.28. The third kappa shape index (κ3) is 2.79. The lowest BCUT2D eigenvalue weighted by molar-refractivity contribution is -0.120. The predicted molar refractivity (Wildman–Crippen MR) is 110 cm³/mol. The molecule has 4 heteroatoms. The van der Waals surface area contributed by atoms with Crippen LogP contribution in [0.1, 0.15) is 42.7 Å². The topological polar surface area (TPSA) is 23.6 Å². The molecule has 0 bridgehead atoms. The number of benzene rings is 2. The molecule has 1 saturated heterocycles. The highest BCUT2D eigenvalue weighted by Crippen LogP contribution is 2.66. The molecule has 2 atom stereocenters. The quantitative estimate of drug-likeness (QED) is 0.774. The summed E-state index contributed by atoms with van der Waals surface area (Å²) in [6.45, 7) is 4.11. The number of likely N-dealkylation sites (tertiary alicyclic amines) is 1. The van der Waals surface area contributed by atoms with Gasteiger partial charge < -0.3 is 9.80 Å². The first-order chi connectivity index (χ1) is 13.2. The van der Waals surface area contributed by atoms with E-state index in [9.17, 15) is 4.79 Å². The second-order valence-electron chi connectivity index (χ2n) is 8.16. The van der Waals surface area contributed by atoms with Crippen LogP contribution in [0, 0.1) is 0 Å². The average Bonchev–Trinajstić information content (AvgIpc) is 3.41. The molecule has 1 amide bonds. The molecule has 2 aromatic rings. The third-order valence-corrected chi connectivity index (χ3v) is 6.88. The van der Waals surface area contributed by atoms with Gasteiger partial charge in [-0.05, 0) is 61.7 Å². The molecule has 0 N–H and O–H groups in total. The molecule has 2 heterocycles. The number of carbonyl (C=O) groups is 1. The zero-order chi connectivity index (χ0) is 18.4. The number of amides is 1. The van der Waals surface area contributed by atoms with Crippen molar-refractivity contribution in [2.24, 2.45) is 0 Å². The zero-order valence-electron chi connectivity index (χ0n) is 15.5. The first-order valence-electron chi connectivity index (χ1n) is 10.1. The first kappa shape index (κ1) is 17.3. The largest absolute Gasteiger partial charge is 0.310 e. The molecular formula is C23H25ClN2O. The molecule has 2 aromatic carbocycles. The van der Waals surface area contributed by atoms with Crippen molar-refractivity contribution >= 4 is 23.2 Å². The maximum atomic E-state index is 13.6. The fourth-order valence-corrected chi connectivity index (χ4v) is 5.22. The number of nitrogens with zero attached hydrogens (tertiary/aromatic N) is 2. The minimum absolute atomic E-state index is 0.267. The molecule has 27 heavy (non-hydrogen) atoms. The zero-order valence-corrected chi connectivity index (χ0v) is 16.3. The Balaban J connectivity index is 1.41. The van der Waals surface area contributed by atoms with E-state index in [4.69, 9.17) is 11.6 Å². The van der Waals surface area contributed by atoms with Gasteiger partial charge in [-0.3, -0.25) is 4.79 Å². The Hall–Kier alpha value is -1.84. The third-order valence-electron chi connectivity index (χ3n) is 6.62. The van der Waals surface area contributed by atoms with Crippen LogP contribution < -0.4 is 4.90 Å². The lowest BCUT2D eigenvalue weighted by atomic mass is 9.92. The van der Waals surface area contributed by atoms with Crippen molar-refractivity contribution in [2.75, 3.05) is 31.1 Å². The minimum atomic E-state index is -0.355. The van der Waals surface area contributed by atoms with Crippen LogP contribution in [0.25, 0.3) is 0 Å². The molecule has 3 nitrogen and oxygen atoms in total. The number of piperidine rings is 1. The standard InChI is InChI=1S/C23H25ClN2O/c24-18-10-8-17(9-11-18)20-16-23(20)19-6-2-3-7-21(19)26(22(23)27)15-14-25-12-4-1-5-13-25/h2-3,6-11,20H,1,4-5,12-16H2/t20-,23-/m1/s1. The van der Waals surface area contributed by atoms with E-state index in [0.717, 1.165) is 30.2 Å². The predicted octanol–water partition coefficient (Wildman–Crippen LogP) is 4.60. The second kappa shape index (κ2) is 6.65. The molecule has 1 spiro atoms. The first-order valence-corrected chi connectivity index (χ1v) is 10.5. The molecule has 2 aliphatic heterocycles. The van der Waals surface area contributed by atoms with Crippen LogP contribution >= 0.6 is 11.6 Å². The molecule has 0 aromatic heterocycles. The summed E-state index contributed by atoms with van der Waals surface area (Å²) in [7, 11) is 0. The van der Waals surface area contributed by atoms with Crippen LogP contribution in [0.15, 0.2) is 48.5 Å². The van der Waals surface area contributed by atoms with E-state index in [2.05, 4.69) is 46.2 Å². The van der Waals surface area contributed by atoms with Crippen molar-refractivity contribution in [3.8, 4) is 0 Å². The second-order valence-corrected chi connectivity index (χ2v) is 8.59. The fourth-order valence-electron chi connectivity index (χ4n) is 5.09. The molecule has 0 unspecified atom stereocenters. The number of rotatable bonds is 4. The van der Waals surface area contributed by atoms with Crippen molar-refractivity contribution in [2.45, 2.75) is 37.0 Å². The van der Waals surface area contributed by atoms with E-state index >= 15 is 0 Å². The van der Waals surface area contributed by atoms with Crippen molar-refractivity contribution in [3.05, 3.63) is 64.7 Å². The average molecular weight is 381 g/mol. The van der Waals surface area contributed by atoms with E-state index in [-0.39, 0.29) is 11.3 Å². The van der Waals surface area contributed by atoms with E-state index in [1.165, 1.54) is 43.5 Å². The van der Waals surface area contributed by atoms with Crippen LogP contribution in [0.5, 0.6) is 0 Å². The Morgan fingerprint density at radius 2 is 1.70 bits per heavy atom. The van der Waals surface area contributed by atoms with Crippen LogP contribution in [-0.2, 0) is 10.2 Å². The summed E-state index contributed by atoms with van der Waals surface area (Å²) in [6, 6.07) is 16.4. The number of para-hydroxylation sites is 1. The highest BCUT2D eigenvalue weighted by molar-refractivity contribution is 6.30. The van der Waals surface area contributed by atoms with Gasteiger partial charge in [-0.15, -0.1) is 0 Å². The maximum absolute atomic E-state index is 13.6. The van der Waals surface area contributed by atoms with Gasteiger partial charge in [0, 0.05) is 29.7 Å². The van der Waals surface area contributed by atoms with Gasteiger partial charge in [-0.25, -0.2) is 0 Å². The van der Waals surface area contributed by atoms with Crippen LogP contribution in [0.3, 0.4) is 0 Å². The van der Waals surface area contributed by atoms with Crippen molar-refractivity contribution in [1.82, 2.24) is 4.90 Å². The van der Waals surface area contributed by atoms with Gasteiger partial charge >= 0.3 is 0 Å². The summed E-state index contributed by atoms with van der Waals surface area (Å²) < 4.78 is 0. The van der Waals surface area contributed by atoms with Crippen molar-refractivity contribution < 1.29 is 4.79 Å². The van der Waals surface area contributed by atoms with Gasteiger partial charge in [0.2, 0.25) is 5.91 Å². The van der Waals surface area contributed by atoms with E-state index in [0.29, 0.717) is 5.91 Å². The molecular weight excluding hydrogens is 356 g/mol. The summed E-state index contributed by atoms with van der Waals surface area (Å²) in [5, 5.41) is 0.745. The van der Waals surface area contributed by atoms with Gasteiger partial charge in [0.05, 0.1) is 5.41 Å². The van der Waals surface area contributed by atoms with E-state index in [1.807, 2.05) is 12.1 Å². The van der Waals surface area contributed by atoms with Crippen molar-refractivity contribution in [1.29, 1.82) is 0 Å². The van der Waals surface area contributed by atoms with Gasteiger partial charge in [0.15, 0.2) is 0 Å². The number of carbonyl (C=O) groups excluding carboxylic acids is 1. The smallest absolute Gasteiger partial charge is 0.238 e. The van der Waals surface area contributed by atoms with Crippen LogP contribution in [0.2, 0.25) is 5.02 Å². The highest BCUT2D eigenvalue weighted by Gasteiger charge is 2.66. The van der Waals surface area contributed by atoms with Gasteiger partial charge in [-0.2, -0.15) is 0 Å². The summed E-state index contributed by atoms with van der Waals surface area (Å²) in [4.78, 5) is 18.1. The van der Waals surface area contributed by atoms with Gasteiger partial charge in [0.25, 0.3) is 0 Å². The normalized spacial score (nSPS) is 27.2. The van der Waals surface area contributed by atoms with E-state index < -0.39 is 0 Å². The molecule has 2 fully saturated rings. The van der Waals surface area contributed by atoms with Crippen LogP contribution in [0.4, 0.5) is 5.69 Å². The molecule has 5 rings (SSSR count). The fraction of sp³-hybridized carbons (Fsp3) is 0.435. The Kier molecular flexibility index (Phi) is 4.25. The lowest BCUT2D eigenvalue weighted by Crippen LogP contribution is -2.41. The summed E-state index contributed by atoms with van der Waals surface area (Å²) in [5.74, 6) is 0.559. The Bertz CT molecular complexity index is 859. The van der Waals surface area contributed by atoms with Crippen molar-refractivity contribution in [3.63, 3.8) is 0 Å². The number of hydrogen-bond acceptors (Lipinski definition) is 2. The number of fused-ring (bicyclic) bond motifs is 2. The van der Waals surface area contributed by atoms with E-state index in [1.54, 1.807) is 0 Å². The van der Waals surface area contributed by atoms with Gasteiger partial charge in [-0.1, -0.05) is 48.4 Å².